The first kappa shape index (κ1) is 15.0. The number of hydrogen-bond donors (Lipinski definition) is 1. The summed E-state index contributed by atoms with van der Waals surface area (Å²) in [6, 6.07) is 0. The number of rotatable bonds is 7. The Balaban J connectivity index is 2.03. The molecule has 0 unspecified atom stereocenters. The molecule has 0 amide bonds. The Morgan fingerprint density at radius 1 is 1.35 bits per heavy atom. The van der Waals surface area contributed by atoms with Crippen molar-refractivity contribution < 1.29 is 14.4 Å². The maximum Gasteiger partial charge on any atom is 0.303 e. The maximum atomic E-state index is 11.1. The van der Waals surface area contributed by atoms with Gasteiger partial charge in [0.1, 0.15) is 0 Å². The van der Waals surface area contributed by atoms with E-state index in [-0.39, 0.29) is 11.8 Å². The van der Waals surface area contributed by atoms with Gasteiger partial charge in [-0.15, -0.1) is 0 Å². The Kier molecular flexibility index (Phi) is 5.15. The second-order valence-corrected chi connectivity index (χ2v) is 6.02. The predicted molar refractivity (Wildman–Crippen MR) is 74.4 cm³/mol. The summed E-state index contributed by atoms with van der Waals surface area (Å²) in [5.74, 6) is 0.639. The SMILES string of the molecule is CCCCc1noc(CC2(CC(=O)O)CCCCC2)n1. The van der Waals surface area contributed by atoms with Gasteiger partial charge >= 0.3 is 5.97 Å². The molecule has 1 aliphatic rings. The first-order valence-electron chi connectivity index (χ1n) is 7.67. The molecule has 1 heterocycles. The van der Waals surface area contributed by atoms with Crippen molar-refractivity contribution in [3.63, 3.8) is 0 Å². The van der Waals surface area contributed by atoms with E-state index in [1.54, 1.807) is 0 Å². The summed E-state index contributed by atoms with van der Waals surface area (Å²) in [5.41, 5.74) is -0.182. The Hall–Kier alpha value is -1.39. The molecule has 0 saturated heterocycles. The van der Waals surface area contributed by atoms with Crippen molar-refractivity contribution in [2.75, 3.05) is 0 Å². The van der Waals surface area contributed by atoms with Crippen molar-refractivity contribution in [3.8, 4) is 0 Å². The fourth-order valence-electron chi connectivity index (χ4n) is 3.16. The number of carboxylic acids is 1. The molecule has 1 fully saturated rings. The number of aryl methyl sites for hydroxylation is 1. The van der Waals surface area contributed by atoms with Crippen molar-refractivity contribution in [3.05, 3.63) is 11.7 Å². The van der Waals surface area contributed by atoms with Gasteiger partial charge in [0.25, 0.3) is 0 Å². The van der Waals surface area contributed by atoms with Gasteiger partial charge in [0.05, 0.1) is 6.42 Å². The minimum absolute atomic E-state index is 0.182. The van der Waals surface area contributed by atoms with E-state index in [1.165, 1.54) is 6.42 Å². The van der Waals surface area contributed by atoms with E-state index >= 15 is 0 Å². The minimum atomic E-state index is -0.724. The highest BCUT2D eigenvalue weighted by molar-refractivity contribution is 5.67. The fraction of sp³-hybridized carbons (Fsp3) is 0.800. The molecule has 0 atom stereocenters. The summed E-state index contributed by atoms with van der Waals surface area (Å²) < 4.78 is 5.32. The average Bonchev–Trinajstić information content (AvgIpc) is 2.83. The van der Waals surface area contributed by atoms with E-state index in [0.717, 1.165) is 50.8 Å². The zero-order valence-corrected chi connectivity index (χ0v) is 12.2. The van der Waals surface area contributed by atoms with Gasteiger partial charge in [-0.05, 0) is 24.7 Å². The summed E-state index contributed by atoms with van der Waals surface area (Å²) in [7, 11) is 0. The van der Waals surface area contributed by atoms with Crippen molar-refractivity contribution in [2.24, 2.45) is 5.41 Å². The third kappa shape index (κ3) is 4.05. The molecule has 1 saturated carbocycles. The summed E-state index contributed by atoms with van der Waals surface area (Å²) in [6.45, 7) is 2.13. The largest absolute Gasteiger partial charge is 0.481 e. The smallest absolute Gasteiger partial charge is 0.303 e. The third-order valence-corrected chi connectivity index (χ3v) is 4.23. The van der Waals surface area contributed by atoms with Crippen LogP contribution in [0.3, 0.4) is 0 Å². The molecule has 5 nitrogen and oxygen atoms in total. The van der Waals surface area contributed by atoms with Crippen LogP contribution >= 0.6 is 0 Å². The Morgan fingerprint density at radius 2 is 2.10 bits per heavy atom. The highest BCUT2D eigenvalue weighted by atomic mass is 16.5. The molecule has 20 heavy (non-hydrogen) atoms. The van der Waals surface area contributed by atoms with Gasteiger partial charge in [-0.1, -0.05) is 37.8 Å². The van der Waals surface area contributed by atoms with Crippen LogP contribution in [0.4, 0.5) is 0 Å². The second kappa shape index (κ2) is 6.86. The van der Waals surface area contributed by atoms with E-state index in [4.69, 9.17) is 9.63 Å². The summed E-state index contributed by atoms with van der Waals surface area (Å²) >= 11 is 0. The number of nitrogens with zero attached hydrogens (tertiary/aromatic N) is 2. The molecule has 112 valence electrons. The van der Waals surface area contributed by atoms with Crippen LogP contribution in [-0.4, -0.2) is 21.2 Å². The number of carbonyl (C=O) groups is 1. The Morgan fingerprint density at radius 3 is 2.75 bits per heavy atom. The summed E-state index contributed by atoms with van der Waals surface area (Å²) in [4.78, 5) is 15.6. The maximum absolute atomic E-state index is 11.1. The Labute approximate surface area is 119 Å². The van der Waals surface area contributed by atoms with Gasteiger partial charge in [0.2, 0.25) is 5.89 Å². The minimum Gasteiger partial charge on any atom is -0.481 e. The van der Waals surface area contributed by atoms with Gasteiger partial charge < -0.3 is 9.63 Å². The molecule has 2 rings (SSSR count). The standard InChI is InChI=1S/C15H24N2O3/c1-2-3-7-12-16-13(20-17-12)10-15(11-14(18)19)8-5-4-6-9-15/h2-11H2,1H3,(H,18,19). The molecule has 0 aromatic carbocycles. The highest BCUT2D eigenvalue weighted by Crippen LogP contribution is 2.41. The van der Waals surface area contributed by atoms with Gasteiger partial charge in [0.15, 0.2) is 5.82 Å². The Bertz CT molecular complexity index is 436. The fourth-order valence-corrected chi connectivity index (χ4v) is 3.16. The molecular formula is C15H24N2O3. The third-order valence-electron chi connectivity index (χ3n) is 4.23. The van der Waals surface area contributed by atoms with Crippen LogP contribution in [-0.2, 0) is 17.6 Å². The number of hydrogen-bond acceptors (Lipinski definition) is 4. The molecule has 1 aliphatic carbocycles. The zero-order chi connectivity index (χ0) is 14.4. The van der Waals surface area contributed by atoms with Crippen molar-refractivity contribution >= 4 is 5.97 Å². The zero-order valence-electron chi connectivity index (χ0n) is 12.2. The molecule has 0 bridgehead atoms. The van der Waals surface area contributed by atoms with E-state index in [2.05, 4.69) is 17.1 Å². The lowest BCUT2D eigenvalue weighted by Crippen LogP contribution is -2.29. The quantitative estimate of drug-likeness (QED) is 0.828. The van der Waals surface area contributed by atoms with Gasteiger partial charge in [-0.3, -0.25) is 4.79 Å². The monoisotopic (exact) mass is 280 g/mol. The van der Waals surface area contributed by atoms with E-state index in [0.29, 0.717) is 12.3 Å². The first-order valence-corrected chi connectivity index (χ1v) is 7.67. The van der Waals surface area contributed by atoms with Gasteiger partial charge in [-0.2, -0.15) is 4.98 Å². The van der Waals surface area contributed by atoms with E-state index < -0.39 is 5.97 Å². The number of aromatic nitrogens is 2. The normalized spacial score (nSPS) is 18.1. The molecule has 0 aliphatic heterocycles. The van der Waals surface area contributed by atoms with E-state index in [9.17, 15) is 4.79 Å². The van der Waals surface area contributed by atoms with E-state index in [1.807, 2.05) is 0 Å². The first-order chi connectivity index (χ1) is 9.63. The van der Waals surface area contributed by atoms with Crippen molar-refractivity contribution in [1.82, 2.24) is 10.1 Å². The topological polar surface area (TPSA) is 76.2 Å². The molecular weight excluding hydrogens is 256 g/mol. The van der Waals surface area contributed by atoms with Crippen molar-refractivity contribution in [1.29, 1.82) is 0 Å². The van der Waals surface area contributed by atoms with Crippen LogP contribution in [0, 0.1) is 5.41 Å². The lowest BCUT2D eigenvalue weighted by Gasteiger charge is -2.34. The molecule has 0 spiro atoms. The molecule has 1 aromatic heterocycles. The second-order valence-electron chi connectivity index (χ2n) is 6.02. The van der Waals surface area contributed by atoms with Crippen molar-refractivity contribution in [2.45, 2.75) is 71.1 Å². The van der Waals surface area contributed by atoms with Crippen LogP contribution in [0.1, 0.15) is 70.0 Å². The van der Waals surface area contributed by atoms with Crippen LogP contribution in [0.5, 0.6) is 0 Å². The van der Waals surface area contributed by atoms with Gasteiger partial charge in [0, 0.05) is 12.8 Å². The van der Waals surface area contributed by atoms with Gasteiger partial charge in [-0.25, -0.2) is 0 Å². The van der Waals surface area contributed by atoms with Crippen LogP contribution in [0.2, 0.25) is 0 Å². The molecule has 5 heteroatoms. The molecule has 1 aromatic rings. The molecule has 1 N–H and O–H groups in total. The number of aliphatic carboxylic acids is 1. The number of carboxylic acid groups (broad SMARTS) is 1. The molecule has 0 radical (unpaired) electrons. The lowest BCUT2D eigenvalue weighted by molar-refractivity contribution is -0.140. The van der Waals surface area contributed by atoms with Crippen LogP contribution in [0.15, 0.2) is 4.52 Å². The summed E-state index contributed by atoms with van der Waals surface area (Å²) in [5, 5.41) is 13.2. The number of unbranched alkanes of at least 4 members (excludes halogenated alkanes) is 1. The summed E-state index contributed by atoms with van der Waals surface area (Å²) in [6.07, 6.45) is 9.12. The van der Waals surface area contributed by atoms with Crippen LogP contribution in [0.25, 0.3) is 0 Å². The predicted octanol–water partition coefficient (Wildman–Crippen LogP) is 3.38. The average molecular weight is 280 g/mol. The lowest BCUT2D eigenvalue weighted by atomic mass is 9.69. The van der Waals surface area contributed by atoms with Crippen LogP contribution < -0.4 is 0 Å². The highest BCUT2D eigenvalue weighted by Gasteiger charge is 2.36.